The second-order valence-corrected chi connectivity index (χ2v) is 5.24. The maximum atomic E-state index is 5.45. The molecular weight excluding hydrogens is 212 g/mol. The van der Waals surface area contributed by atoms with Crippen LogP contribution in [-0.4, -0.2) is 23.7 Å². The largest absolute Gasteiger partial charge is 0.379 e. The van der Waals surface area contributed by atoms with E-state index in [1.807, 2.05) is 24.5 Å². The van der Waals surface area contributed by atoms with Gasteiger partial charge in [0.2, 0.25) is 0 Å². The normalized spacial score (nSPS) is 15.6. The maximum absolute atomic E-state index is 5.45. The molecule has 0 aliphatic heterocycles. The van der Waals surface area contributed by atoms with Crippen LogP contribution in [-0.2, 0) is 4.74 Å². The van der Waals surface area contributed by atoms with E-state index in [1.54, 1.807) is 7.11 Å². The van der Waals surface area contributed by atoms with Crippen molar-refractivity contribution in [2.45, 2.75) is 51.8 Å². The second-order valence-electron chi connectivity index (χ2n) is 5.24. The molecule has 1 unspecified atom stereocenters. The van der Waals surface area contributed by atoms with E-state index in [2.05, 4.69) is 38.0 Å². The van der Waals surface area contributed by atoms with E-state index in [-0.39, 0.29) is 5.60 Å². The third kappa shape index (κ3) is 4.84. The van der Waals surface area contributed by atoms with Gasteiger partial charge in [0.05, 0.1) is 5.60 Å². The van der Waals surface area contributed by atoms with Crippen molar-refractivity contribution >= 4 is 0 Å². The first-order chi connectivity index (χ1) is 7.94. The van der Waals surface area contributed by atoms with E-state index in [1.165, 1.54) is 5.56 Å². The monoisotopic (exact) mass is 236 g/mol. The highest BCUT2D eigenvalue weighted by molar-refractivity contribution is 5.14. The number of methoxy groups -OCH3 is 1. The molecule has 0 aliphatic rings. The van der Waals surface area contributed by atoms with Crippen LogP contribution in [0.25, 0.3) is 0 Å². The fourth-order valence-corrected chi connectivity index (χ4v) is 2.05. The minimum absolute atomic E-state index is 0.0790. The summed E-state index contributed by atoms with van der Waals surface area (Å²) in [6.45, 7) is 8.59. The molecule has 3 heteroatoms. The number of nitrogens with zero attached hydrogens (tertiary/aromatic N) is 1. The molecule has 0 aromatic carbocycles. The lowest BCUT2D eigenvalue weighted by atomic mass is 9.98. The fourth-order valence-electron chi connectivity index (χ4n) is 2.05. The third-order valence-corrected chi connectivity index (χ3v) is 3.09. The van der Waals surface area contributed by atoms with E-state index in [4.69, 9.17) is 4.74 Å². The Morgan fingerprint density at radius 3 is 2.41 bits per heavy atom. The van der Waals surface area contributed by atoms with Crippen LogP contribution < -0.4 is 5.32 Å². The molecule has 0 spiro atoms. The van der Waals surface area contributed by atoms with Gasteiger partial charge in [-0.05, 0) is 51.8 Å². The molecule has 0 radical (unpaired) electrons. The molecule has 17 heavy (non-hydrogen) atoms. The zero-order chi connectivity index (χ0) is 12.9. The highest BCUT2D eigenvalue weighted by Gasteiger charge is 2.21. The Morgan fingerprint density at radius 1 is 1.29 bits per heavy atom. The topological polar surface area (TPSA) is 34.1 Å². The van der Waals surface area contributed by atoms with Crippen LogP contribution in [0.2, 0.25) is 0 Å². The van der Waals surface area contributed by atoms with Crippen molar-refractivity contribution in [2.24, 2.45) is 0 Å². The number of hydrogen-bond acceptors (Lipinski definition) is 3. The molecule has 96 valence electrons. The number of hydrogen-bond donors (Lipinski definition) is 1. The minimum Gasteiger partial charge on any atom is -0.379 e. The Morgan fingerprint density at radius 2 is 1.88 bits per heavy atom. The van der Waals surface area contributed by atoms with Crippen molar-refractivity contribution in [3.05, 3.63) is 30.1 Å². The Balaban J connectivity index is 2.49. The van der Waals surface area contributed by atoms with Crippen LogP contribution in [0.15, 0.2) is 24.5 Å². The Bertz CT molecular complexity index is 324. The van der Waals surface area contributed by atoms with Gasteiger partial charge in [-0.15, -0.1) is 0 Å². The summed E-state index contributed by atoms with van der Waals surface area (Å²) in [5.41, 5.74) is 1.19. The molecular formula is C14H24N2O. The first-order valence-corrected chi connectivity index (χ1v) is 6.16. The zero-order valence-corrected chi connectivity index (χ0v) is 11.5. The van der Waals surface area contributed by atoms with Gasteiger partial charge in [0, 0.05) is 31.6 Å². The van der Waals surface area contributed by atoms with Gasteiger partial charge < -0.3 is 10.1 Å². The molecule has 0 aliphatic carbocycles. The van der Waals surface area contributed by atoms with Gasteiger partial charge in [0.25, 0.3) is 0 Å². The predicted octanol–water partition coefficient (Wildman–Crippen LogP) is 2.94. The summed E-state index contributed by atoms with van der Waals surface area (Å²) < 4.78 is 5.45. The highest BCUT2D eigenvalue weighted by Crippen LogP contribution is 2.18. The van der Waals surface area contributed by atoms with E-state index in [0.29, 0.717) is 12.1 Å². The lowest BCUT2D eigenvalue weighted by molar-refractivity contribution is 0.00782. The lowest BCUT2D eigenvalue weighted by Crippen LogP contribution is -2.36. The lowest BCUT2D eigenvalue weighted by Gasteiger charge is -2.29. The molecule has 1 rings (SSSR count). The Labute approximate surface area is 105 Å². The molecule has 1 heterocycles. The van der Waals surface area contributed by atoms with Gasteiger partial charge in [-0.1, -0.05) is 0 Å². The van der Waals surface area contributed by atoms with Crippen LogP contribution in [0.3, 0.4) is 0 Å². The summed E-state index contributed by atoms with van der Waals surface area (Å²) in [4.78, 5) is 4.03. The van der Waals surface area contributed by atoms with Gasteiger partial charge in [-0.3, -0.25) is 4.98 Å². The molecule has 1 N–H and O–H groups in total. The molecule has 0 bridgehead atoms. The molecule has 1 aromatic rings. The van der Waals surface area contributed by atoms with Gasteiger partial charge in [0.1, 0.15) is 0 Å². The van der Waals surface area contributed by atoms with Gasteiger partial charge in [-0.25, -0.2) is 0 Å². The maximum Gasteiger partial charge on any atom is 0.0637 e. The van der Waals surface area contributed by atoms with E-state index >= 15 is 0 Å². The van der Waals surface area contributed by atoms with Crippen molar-refractivity contribution in [3.8, 4) is 0 Å². The summed E-state index contributed by atoms with van der Waals surface area (Å²) in [6, 6.07) is 4.84. The van der Waals surface area contributed by atoms with Crippen molar-refractivity contribution in [3.63, 3.8) is 0 Å². The summed E-state index contributed by atoms with van der Waals surface area (Å²) >= 11 is 0. The molecule has 1 aromatic heterocycles. The van der Waals surface area contributed by atoms with E-state index < -0.39 is 0 Å². The highest BCUT2D eigenvalue weighted by atomic mass is 16.5. The predicted molar refractivity (Wildman–Crippen MR) is 71.0 cm³/mol. The SMILES string of the molecule is COC(C)(C)CC(C)N[C@@H](C)c1ccncc1. The summed E-state index contributed by atoms with van der Waals surface area (Å²) in [7, 11) is 1.76. The summed E-state index contributed by atoms with van der Waals surface area (Å²) in [5, 5.41) is 3.58. The standard InChI is InChI=1S/C14H24N2O/c1-11(10-14(3,4)17-5)16-12(2)13-6-8-15-9-7-13/h6-9,11-12,16H,10H2,1-5H3/t11?,12-/m0/s1. The van der Waals surface area contributed by atoms with E-state index in [9.17, 15) is 0 Å². The smallest absolute Gasteiger partial charge is 0.0637 e. The van der Waals surface area contributed by atoms with Gasteiger partial charge in [0.15, 0.2) is 0 Å². The van der Waals surface area contributed by atoms with E-state index in [0.717, 1.165) is 6.42 Å². The van der Waals surface area contributed by atoms with Gasteiger partial charge in [-0.2, -0.15) is 0 Å². The van der Waals surface area contributed by atoms with Crippen molar-refractivity contribution < 1.29 is 4.74 Å². The van der Waals surface area contributed by atoms with Crippen molar-refractivity contribution in [1.82, 2.24) is 10.3 Å². The molecule has 3 nitrogen and oxygen atoms in total. The van der Waals surface area contributed by atoms with Crippen LogP contribution >= 0.6 is 0 Å². The minimum atomic E-state index is -0.0790. The van der Waals surface area contributed by atoms with Crippen molar-refractivity contribution in [1.29, 1.82) is 0 Å². The molecule has 0 fully saturated rings. The number of nitrogens with one attached hydrogen (secondary N) is 1. The van der Waals surface area contributed by atoms with Gasteiger partial charge >= 0.3 is 0 Å². The molecule has 0 saturated heterocycles. The summed E-state index contributed by atoms with van der Waals surface area (Å²) in [5.74, 6) is 0. The first kappa shape index (κ1) is 14.1. The van der Waals surface area contributed by atoms with Crippen LogP contribution in [0.5, 0.6) is 0 Å². The fraction of sp³-hybridized carbons (Fsp3) is 0.643. The number of pyridine rings is 1. The van der Waals surface area contributed by atoms with Crippen LogP contribution in [0.4, 0.5) is 0 Å². The Kier molecular flexibility index (Phi) is 5.09. The number of ether oxygens (including phenoxy) is 1. The Hall–Kier alpha value is -0.930. The average Bonchev–Trinajstić information content (AvgIpc) is 2.29. The molecule has 0 saturated carbocycles. The zero-order valence-electron chi connectivity index (χ0n) is 11.5. The quantitative estimate of drug-likeness (QED) is 0.824. The second kappa shape index (κ2) is 6.12. The average molecular weight is 236 g/mol. The molecule has 2 atom stereocenters. The molecule has 0 amide bonds. The summed E-state index contributed by atoms with van der Waals surface area (Å²) in [6.07, 6.45) is 4.65. The van der Waals surface area contributed by atoms with Crippen LogP contribution in [0.1, 0.15) is 45.7 Å². The van der Waals surface area contributed by atoms with Crippen molar-refractivity contribution in [2.75, 3.05) is 7.11 Å². The van der Waals surface area contributed by atoms with Crippen LogP contribution in [0, 0.1) is 0 Å². The number of aromatic nitrogens is 1. The first-order valence-electron chi connectivity index (χ1n) is 6.16. The number of rotatable bonds is 6. The third-order valence-electron chi connectivity index (χ3n) is 3.09.